The quantitative estimate of drug-likeness (QED) is 0.669. The molecule has 1 rings (SSSR count). The fourth-order valence-electron chi connectivity index (χ4n) is 0.918. The number of aryl methyl sites for hydroxylation is 1. The van der Waals surface area contributed by atoms with Crippen LogP contribution in [-0.2, 0) is 12.7 Å². The summed E-state index contributed by atoms with van der Waals surface area (Å²) in [7, 11) is 0. The largest absolute Gasteiger partial charge is 0.435 e. The van der Waals surface area contributed by atoms with Crippen molar-refractivity contribution in [3.05, 3.63) is 17.5 Å². The molecule has 0 atom stereocenters. The molecule has 1 aromatic rings. The Balaban J connectivity index is 3.14. The Morgan fingerprint density at radius 3 is 2.54 bits per heavy atom. The Labute approximate surface area is 72.2 Å². The summed E-state index contributed by atoms with van der Waals surface area (Å²) < 4.78 is 37.2. The molecule has 0 aliphatic heterocycles. The second kappa shape index (κ2) is 3.20. The predicted molar refractivity (Wildman–Crippen MR) is 38.3 cm³/mol. The van der Waals surface area contributed by atoms with Gasteiger partial charge in [-0.15, -0.1) is 0 Å². The Kier molecular flexibility index (Phi) is 2.40. The fraction of sp³-hybridized carbons (Fsp3) is 0.429. The molecule has 0 bridgehead atoms. The standard InChI is InChI=1S/C7H7F3N2O/c1-2-12-5(4-13)3-6(11-12)7(8,9)10/h3-4H,2H2,1H3. The second-order valence-corrected chi connectivity index (χ2v) is 2.39. The van der Waals surface area contributed by atoms with E-state index in [4.69, 9.17) is 0 Å². The molecule has 0 N–H and O–H groups in total. The number of hydrogen-bond acceptors (Lipinski definition) is 2. The van der Waals surface area contributed by atoms with E-state index in [9.17, 15) is 18.0 Å². The molecule has 6 heteroatoms. The number of rotatable bonds is 2. The third kappa shape index (κ3) is 1.88. The van der Waals surface area contributed by atoms with E-state index in [1.54, 1.807) is 6.92 Å². The van der Waals surface area contributed by atoms with Crippen LogP contribution in [0.1, 0.15) is 23.1 Å². The third-order valence-electron chi connectivity index (χ3n) is 1.52. The van der Waals surface area contributed by atoms with Crippen LogP contribution in [0.5, 0.6) is 0 Å². The Morgan fingerprint density at radius 2 is 2.23 bits per heavy atom. The van der Waals surface area contributed by atoms with Crippen molar-refractivity contribution in [2.24, 2.45) is 0 Å². The van der Waals surface area contributed by atoms with Gasteiger partial charge in [-0.3, -0.25) is 9.48 Å². The fourth-order valence-corrected chi connectivity index (χ4v) is 0.918. The van der Waals surface area contributed by atoms with Crippen molar-refractivity contribution in [3.63, 3.8) is 0 Å². The van der Waals surface area contributed by atoms with Crippen LogP contribution in [0.4, 0.5) is 13.2 Å². The Hall–Kier alpha value is -1.33. The Bertz CT molecular complexity index is 316. The molecule has 1 aromatic heterocycles. The number of halogens is 3. The van der Waals surface area contributed by atoms with Crippen molar-refractivity contribution in [2.45, 2.75) is 19.6 Å². The van der Waals surface area contributed by atoms with E-state index in [0.29, 0.717) is 6.29 Å². The topological polar surface area (TPSA) is 34.9 Å². The Morgan fingerprint density at radius 1 is 1.62 bits per heavy atom. The number of nitrogens with zero attached hydrogens (tertiary/aromatic N) is 2. The van der Waals surface area contributed by atoms with Gasteiger partial charge in [0.1, 0.15) is 5.69 Å². The number of alkyl halides is 3. The number of carbonyl (C=O) groups is 1. The molecule has 13 heavy (non-hydrogen) atoms. The van der Waals surface area contributed by atoms with E-state index >= 15 is 0 Å². The van der Waals surface area contributed by atoms with Gasteiger partial charge >= 0.3 is 6.18 Å². The highest BCUT2D eigenvalue weighted by molar-refractivity contribution is 5.72. The van der Waals surface area contributed by atoms with Gasteiger partial charge in [0.25, 0.3) is 0 Å². The molecule has 0 radical (unpaired) electrons. The molecular weight excluding hydrogens is 185 g/mol. The first-order valence-corrected chi connectivity index (χ1v) is 3.59. The minimum absolute atomic E-state index is 0.0603. The molecule has 0 fully saturated rings. The van der Waals surface area contributed by atoms with Gasteiger partial charge in [0, 0.05) is 6.54 Å². The molecule has 0 aromatic carbocycles. The summed E-state index contributed by atoms with van der Waals surface area (Å²) in [6.07, 6.45) is -4.14. The number of carbonyl (C=O) groups excluding carboxylic acids is 1. The van der Waals surface area contributed by atoms with Gasteiger partial charge in [-0.25, -0.2) is 0 Å². The summed E-state index contributed by atoms with van der Waals surface area (Å²) in [4.78, 5) is 10.3. The van der Waals surface area contributed by atoms with E-state index in [0.717, 1.165) is 10.7 Å². The highest BCUT2D eigenvalue weighted by Crippen LogP contribution is 2.28. The van der Waals surface area contributed by atoms with Crippen LogP contribution in [0.25, 0.3) is 0 Å². The molecular formula is C7H7F3N2O. The minimum atomic E-state index is -4.49. The lowest BCUT2D eigenvalue weighted by molar-refractivity contribution is -0.141. The average molecular weight is 192 g/mol. The molecule has 0 saturated heterocycles. The van der Waals surface area contributed by atoms with Gasteiger partial charge in [0.15, 0.2) is 12.0 Å². The summed E-state index contributed by atoms with van der Waals surface area (Å²) >= 11 is 0. The molecule has 0 aliphatic rings. The van der Waals surface area contributed by atoms with Crippen LogP contribution in [-0.4, -0.2) is 16.1 Å². The summed E-state index contributed by atoms with van der Waals surface area (Å²) in [6, 6.07) is 0.733. The van der Waals surface area contributed by atoms with E-state index < -0.39 is 11.9 Å². The van der Waals surface area contributed by atoms with Gasteiger partial charge in [-0.1, -0.05) is 0 Å². The molecule has 0 spiro atoms. The van der Waals surface area contributed by atoms with Crippen LogP contribution in [0.15, 0.2) is 6.07 Å². The predicted octanol–water partition coefficient (Wildman–Crippen LogP) is 1.73. The first kappa shape index (κ1) is 9.76. The molecule has 0 saturated carbocycles. The maximum atomic E-state index is 12.1. The lowest BCUT2D eigenvalue weighted by atomic mass is 10.3. The van der Waals surface area contributed by atoms with E-state index in [2.05, 4.69) is 5.10 Å². The maximum absolute atomic E-state index is 12.1. The molecule has 0 unspecified atom stereocenters. The molecule has 1 heterocycles. The summed E-state index contributed by atoms with van der Waals surface area (Å²) in [6.45, 7) is 1.85. The van der Waals surface area contributed by atoms with E-state index in [1.165, 1.54) is 0 Å². The third-order valence-corrected chi connectivity index (χ3v) is 1.52. The van der Waals surface area contributed by atoms with Gasteiger partial charge in [0.05, 0.1) is 0 Å². The van der Waals surface area contributed by atoms with E-state index in [-0.39, 0.29) is 12.2 Å². The smallest absolute Gasteiger partial charge is 0.296 e. The first-order chi connectivity index (χ1) is 5.99. The van der Waals surface area contributed by atoms with Crippen LogP contribution >= 0.6 is 0 Å². The highest BCUT2D eigenvalue weighted by atomic mass is 19.4. The average Bonchev–Trinajstić information content (AvgIpc) is 2.45. The number of aldehydes is 1. The zero-order valence-corrected chi connectivity index (χ0v) is 6.80. The van der Waals surface area contributed by atoms with Crippen LogP contribution in [0.3, 0.4) is 0 Å². The summed E-state index contributed by atoms with van der Waals surface area (Å²) in [5.41, 5.74) is -1.09. The van der Waals surface area contributed by atoms with Crippen LogP contribution in [0, 0.1) is 0 Å². The van der Waals surface area contributed by atoms with Crippen molar-refractivity contribution < 1.29 is 18.0 Å². The van der Waals surface area contributed by atoms with Crippen molar-refractivity contribution >= 4 is 6.29 Å². The molecule has 72 valence electrons. The molecule has 0 amide bonds. The van der Waals surface area contributed by atoms with Crippen LogP contribution < -0.4 is 0 Å². The lowest BCUT2D eigenvalue weighted by Gasteiger charge is -2.00. The van der Waals surface area contributed by atoms with E-state index in [1.807, 2.05) is 0 Å². The zero-order valence-electron chi connectivity index (χ0n) is 6.80. The van der Waals surface area contributed by atoms with Crippen molar-refractivity contribution in [3.8, 4) is 0 Å². The highest BCUT2D eigenvalue weighted by Gasteiger charge is 2.34. The monoisotopic (exact) mass is 192 g/mol. The second-order valence-electron chi connectivity index (χ2n) is 2.39. The van der Waals surface area contributed by atoms with Crippen molar-refractivity contribution in [1.82, 2.24) is 9.78 Å². The van der Waals surface area contributed by atoms with Crippen LogP contribution in [0.2, 0.25) is 0 Å². The van der Waals surface area contributed by atoms with Gasteiger partial charge in [-0.2, -0.15) is 18.3 Å². The van der Waals surface area contributed by atoms with Gasteiger partial charge < -0.3 is 0 Å². The molecule has 3 nitrogen and oxygen atoms in total. The zero-order chi connectivity index (χ0) is 10.1. The normalized spacial score (nSPS) is 11.7. The minimum Gasteiger partial charge on any atom is -0.296 e. The number of hydrogen-bond donors (Lipinski definition) is 0. The maximum Gasteiger partial charge on any atom is 0.435 e. The van der Waals surface area contributed by atoms with Gasteiger partial charge in [0.2, 0.25) is 0 Å². The van der Waals surface area contributed by atoms with Crippen molar-refractivity contribution in [2.75, 3.05) is 0 Å². The lowest BCUT2D eigenvalue weighted by Crippen LogP contribution is -2.07. The van der Waals surface area contributed by atoms with Crippen molar-refractivity contribution in [1.29, 1.82) is 0 Å². The first-order valence-electron chi connectivity index (χ1n) is 3.59. The summed E-state index contributed by atoms with van der Waals surface area (Å²) in [5, 5.41) is 3.23. The molecule has 0 aliphatic carbocycles. The SMILES string of the molecule is CCn1nc(C(F)(F)F)cc1C=O. The number of aromatic nitrogens is 2. The summed E-state index contributed by atoms with van der Waals surface area (Å²) in [5.74, 6) is 0. The van der Waals surface area contributed by atoms with Gasteiger partial charge in [-0.05, 0) is 13.0 Å².